The van der Waals surface area contributed by atoms with E-state index in [0.29, 0.717) is 5.56 Å². The number of aromatic nitrogens is 2. The third-order valence-corrected chi connectivity index (χ3v) is 7.35. The Labute approximate surface area is 164 Å². The number of benzene rings is 2. The maximum Gasteiger partial charge on any atom is 0.244 e. The van der Waals surface area contributed by atoms with E-state index in [1.807, 2.05) is 18.2 Å². The smallest absolute Gasteiger partial charge is 0.240 e. The number of para-hydroxylation sites is 1. The maximum atomic E-state index is 12.6. The molecule has 2 aromatic carbocycles. The molecule has 0 fully saturated rings. The van der Waals surface area contributed by atoms with Crippen molar-refractivity contribution in [3.05, 3.63) is 72.6 Å². The Kier molecular flexibility index (Phi) is 5.66. The average Bonchev–Trinajstić information content (AvgIpc) is 3.18. The molecule has 3 aromatic rings. The second kappa shape index (κ2) is 7.84. The molecule has 0 atom stereocenters. The molecule has 0 aliphatic carbocycles. The van der Waals surface area contributed by atoms with Gasteiger partial charge in [-0.2, -0.15) is 5.10 Å². The van der Waals surface area contributed by atoms with Crippen molar-refractivity contribution >= 4 is 20.0 Å². The SMILES string of the molecule is CN(C)S(=O)(=O)c1ccccc1CNS(=O)(=O)c1cnn(-c2ccccc2)c1. The molecule has 0 radical (unpaired) electrons. The van der Waals surface area contributed by atoms with Gasteiger partial charge in [-0.05, 0) is 23.8 Å². The monoisotopic (exact) mass is 420 g/mol. The lowest BCUT2D eigenvalue weighted by molar-refractivity contribution is 0.519. The minimum atomic E-state index is -3.87. The average molecular weight is 421 g/mol. The van der Waals surface area contributed by atoms with Gasteiger partial charge in [0.15, 0.2) is 0 Å². The molecule has 0 aliphatic heterocycles. The number of sulfonamides is 2. The second-order valence-electron chi connectivity index (χ2n) is 6.18. The van der Waals surface area contributed by atoms with Crippen LogP contribution in [0, 0.1) is 0 Å². The summed E-state index contributed by atoms with van der Waals surface area (Å²) in [5.74, 6) is 0. The zero-order valence-corrected chi connectivity index (χ0v) is 17.0. The van der Waals surface area contributed by atoms with Crippen LogP contribution < -0.4 is 4.72 Å². The fourth-order valence-electron chi connectivity index (χ4n) is 2.52. The molecule has 28 heavy (non-hydrogen) atoms. The summed E-state index contributed by atoms with van der Waals surface area (Å²) in [6.45, 7) is -0.165. The molecule has 10 heteroatoms. The van der Waals surface area contributed by atoms with Crippen LogP contribution in [0.3, 0.4) is 0 Å². The summed E-state index contributed by atoms with van der Waals surface area (Å²) >= 11 is 0. The molecule has 148 valence electrons. The van der Waals surface area contributed by atoms with Crippen molar-refractivity contribution < 1.29 is 16.8 Å². The van der Waals surface area contributed by atoms with Crippen LogP contribution in [-0.4, -0.2) is 45.0 Å². The normalized spacial score (nSPS) is 12.4. The molecule has 1 N–H and O–H groups in total. The highest BCUT2D eigenvalue weighted by atomic mass is 32.2. The number of nitrogens with one attached hydrogen (secondary N) is 1. The zero-order valence-electron chi connectivity index (χ0n) is 15.3. The van der Waals surface area contributed by atoms with E-state index in [1.165, 1.54) is 37.2 Å². The zero-order chi connectivity index (χ0) is 20.4. The van der Waals surface area contributed by atoms with Crippen LogP contribution in [-0.2, 0) is 26.6 Å². The fraction of sp³-hybridized carbons (Fsp3) is 0.167. The highest BCUT2D eigenvalue weighted by Gasteiger charge is 2.22. The van der Waals surface area contributed by atoms with Crippen molar-refractivity contribution in [3.63, 3.8) is 0 Å². The molecule has 0 amide bonds. The Morgan fingerprint density at radius 2 is 1.61 bits per heavy atom. The predicted molar refractivity (Wildman–Crippen MR) is 105 cm³/mol. The minimum absolute atomic E-state index is 0.00991. The van der Waals surface area contributed by atoms with E-state index in [4.69, 9.17) is 0 Å². The van der Waals surface area contributed by atoms with Crippen molar-refractivity contribution in [1.29, 1.82) is 0 Å². The van der Waals surface area contributed by atoms with E-state index in [1.54, 1.807) is 30.3 Å². The van der Waals surface area contributed by atoms with Crippen molar-refractivity contribution in [1.82, 2.24) is 18.8 Å². The molecule has 0 spiro atoms. The molecule has 0 saturated carbocycles. The summed E-state index contributed by atoms with van der Waals surface area (Å²) in [6, 6.07) is 15.4. The van der Waals surface area contributed by atoms with E-state index >= 15 is 0 Å². The van der Waals surface area contributed by atoms with Crippen molar-refractivity contribution in [2.24, 2.45) is 0 Å². The van der Waals surface area contributed by atoms with Gasteiger partial charge in [-0.1, -0.05) is 36.4 Å². The van der Waals surface area contributed by atoms with E-state index in [9.17, 15) is 16.8 Å². The van der Waals surface area contributed by atoms with Gasteiger partial charge in [0, 0.05) is 20.6 Å². The number of nitrogens with zero attached hydrogens (tertiary/aromatic N) is 3. The van der Waals surface area contributed by atoms with Gasteiger partial charge < -0.3 is 0 Å². The maximum absolute atomic E-state index is 12.6. The lowest BCUT2D eigenvalue weighted by Crippen LogP contribution is -2.27. The van der Waals surface area contributed by atoms with Crippen molar-refractivity contribution in [2.75, 3.05) is 14.1 Å². The third-order valence-electron chi connectivity index (χ3n) is 4.07. The minimum Gasteiger partial charge on any atom is -0.240 e. The van der Waals surface area contributed by atoms with Crippen LogP contribution in [0.4, 0.5) is 0 Å². The van der Waals surface area contributed by atoms with Gasteiger partial charge in [0.05, 0.1) is 23.0 Å². The van der Waals surface area contributed by atoms with Gasteiger partial charge in [-0.25, -0.2) is 30.5 Å². The van der Waals surface area contributed by atoms with E-state index in [2.05, 4.69) is 9.82 Å². The van der Waals surface area contributed by atoms with Crippen molar-refractivity contribution in [3.8, 4) is 5.69 Å². The molecule has 0 aliphatic rings. The van der Waals surface area contributed by atoms with Gasteiger partial charge in [0.25, 0.3) is 0 Å². The van der Waals surface area contributed by atoms with Crippen LogP contribution in [0.15, 0.2) is 76.8 Å². The summed E-state index contributed by atoms with van der Waals surface area (Å²) in [7, 11) is -4.71. The summed E-state index contributed by atoms with van der Waals surface area (Å²) < 4.78 is 55.1. The van der Waals surface area contributed by atoms with Gasteiger partial charge >= 0.3 is 0 Å². The van der Waals surface area contributed by atoms with Gasteiger partial charge in [0.1, 0.15) is 4.90 Å². The summed E-state index contributed by atoms with van der Waals surface area (Å²) in [4.78, 5) is 0.0481. The van der Waals surface area contributed by atoms with Crippen LogP contribution >= 0.6 is 0 Å². The molecule has 1 aromatic heterocycles. The van der Waals surface area contributed by atoms with Crippen LogP contribution in [0.2, 0.25) is 0 Å². The van der Waals surface area contributed by atoms with Gasteiger partial charge in [-0.3, -0.25) is 0 Å². The summed E-state index contributed by atoms with van der Waals surface area (Å²) in [5.41, 5.74) is 1.08. The standard InChI is InChI=1S/C18H20N4O4S2/c1-21(2)28(25,26)18-11-7-6-8-15(18)12-20-27(23,24)17-13-19-22(14-17)16-9-4-3-5-10-16/h3-11,13-14,20H,12H2,1-2H3. The topological polar surface area (TPSA) is 101 Å². The molecule has 3 rings (SSSR count). The third kappa shape index (κ3) is 4.14. The first-order valence-corrected chi connectivity index (χ1v) is 11.2. The number of hydrogen-bond donors (Lipinski definition) is 1. The van der Waals surface area contributed by atoms with Crippen LogP contribution in [0.5, 0.6) is 0 Å². The quantitative estimate of drug-likeness (QED) is 0.626. The highest BCUT2D eigenvalue weighted by molar-refractivity contribution is 7.89. The first-order valence-electron chi connectivity index (χ1n) is 8.32. The summed E-state index contributed by atoms with van der Waals surface area (Å²) in [6.07, 6.45) is 2.65. The Morgan fingerprint density at radius 3 is 2.29 bits per heavy atom. The second-order valence-corrected chi connectivity index (χ2v) is 10.1. The molecule has 0 unspecified atom stereocenters. The molecule has 8 nitrogen and oxygen atoms in total. The molecule has 0 bridgehead atoms. The Hall–Kier alpha value is -2.53. The number of rotatable bonds is 7. The largest absolute Gasteiger partial charge is 0.244 e. The fourth-order valence-corrected chi connectivity index (χ4v) is 4.57. The molecule has 1 heterocycles. The lowest BCUT2D eigenvalue weighted by Gasteiger charge is -2.15. The van der Waals surface area contributed by atoms with Gasteiger partial charge in [0.2, 0.25) is 20.0 Å². The molecular weight excluding hydrogens is 400 g/mol. The predicted octanol–water partition coefficient (Wildman–Crippen LogP) is 1.60. The Balaban J connectivity index is 1.83. The Morgan fingerprint density at radius 1 is 0.964 bits per heavy atom. The van der Waals surface area contributed by atoms with E-state index in [-0.39, 0.29) is 16.3 Å². The summed E-state index contributed by atoms with van der Waals surface area (Å²) in [5, 5.41) is 4.08. The van der Waals surface area contributed by atoms with Gasteiger partial charge in [-0.15, -0.1) is 0 Å². The van der Waals surface area contributed by atoms with E-state index in [0.717, 1.165) is 9.99 Å². The Bertz CT molecular complexity index is 1170. The van der Waals surface area contributed by atoms with Crippen LogP contribution in [0.1, 0.15) is 5.56 Å². The molecule has 0 saturated heterocycles. The lowest BCUT2D eigenvalue weighted by atomic mass is 10.2. The van der Waals surface area contributed by atoms with Crippen LogP contribution in [0.25, 0.3) is 5.69 Å². The number of hydrogen-bond acceptors (Lipinski definition) is 5. The van der Waals surface area contributed by atoms with E-state index < -0.39 is 20.0 Å². The first kappa shape index (κ1) is 20.2. The highest BCUT2D eigenvalue weighted by Crippen LogP contribution is 2.19. The first-order chi connectivity index (χ1) is 13.2. The molecular formula is C18H20N4O4S2. The van der Waals surface area contributed by atoms with Crippen molar-refractivity contribution in [2.45, 2.75) is 16.3 Å².